The average Bonchev–Trinajstić information content (AvgIpc) is 3.23. The smallest absolute Gasteiger partial charge is 0.191 e. The monoisotopic (exact) mass is 401 g/mol. The number of aliphatic imine (C=N–C) groups is 1. The molecular formula is C23H39N5O. The Morgan fingerprint density at radius 2 is 1.90 bits per heavy atom. The first-order valence-electron chi connectivity index (χ1n) is 11.1. The van der Waals surface area contributed by atoms with Gasteiger partial charge >= 0.3 is 0 Å². The highest BCUT2D eigenvalue weighted by molar-refractivity contribution is 5.79. The lowest BCUT2D eigenvalue weighted by atomic mass is 9.98. The molecule has 0 spiro atoms. The number of nitrogens with one attached hydrogen (secondary N) is 2. The molecule has 0 aliphatic carbocycles. The summed E-state index contributed by atoms with van der Waals surface area (Å²) in [6.07, 6.45) is 5.19. The van der Waals surface area contributed by atoms with E-state index in [1.807, 2.05) is 19.2 Å². The molecule has 1 unspecified atom stereocenters. The summed E-state index contributed by atoms with van der Waals surface area (Å²) in [5.41, 5.74) is 1.34. The van der Waals surface area contributed by atoms with Crippen LogP contribution >= 0.6 is 0 Å². The summed E-state index contributed by atoms with van der Waals surface area (Å²) in [6, 6.07) is 8.30. The molecule has 0 saturated carbocycles. The van der Waals surface area contributed by atoms with Gasteiger partial charge in [-0.2, -0.15) is 0 Å². The molecule has 2 aliphatic rings. The fraction of sp³-hybridized carbons (Fsp3) is 0.696. The van der Waals surface area contributed by atoms with Gasteiger partial charge in [0.2, 0.25) is 0 Å². The van der Waals surface area contributed by atoms with Gasteiger partial charge in [-0.05, 0) is 64.3 Å². The minimum Gasteiger partial charge on any atom is -0.495 e. The summed E-state index contributed by atoms with van der Waals surface area (Å²) in [7, 11) is 3.61. The SMILES string of the molecule is CN=C(NCC1CCN(c2ccccc2OC)C1)NCC(C)(C)N1CCCCC1. The number of nitrogens with zero attached hydrogens (tertiary/aromatic N) is 3. The molecule has 2 N–H and O–H groups in total. The zero-order valence-corrected chi connectivity index (χ0v) is 18.7. The number of para-hydroxylation sites is 2. The van der Waals surface area contributed by atoms with E-state index in [9.17, 15) is 0 Å². The largest absolute Gasteiger partial charge is 0.495 e. The Balaban J connectivity index is 1.45. The van der Waals surface area contributed by atoms with E-state index in [0.29, 0.717) is 5.92 Å². The van der Waals surface area contributed by atoms with Crippen LogP contribution in [0.3, 0.4) is 0 Å². The summed E-state index contributed by atoms with van der Waals surface area (Å²) in [4.78, 5) is 9.49. The Kier molecular flexibility index (Phi) is 7.64. The summed E-state index contributed by atoms with van der Waals surface area (Å²) in [6.45, 7) is 11.1. The van der Waals surface area contributed by atoms with Gasteiger partial charge in [0, 0.05) is 38.8 Å². The highest BCUT2D eigenvalue weighted by Gasteiger charge is 2.28. The van der Waals surface area contributed by atoms with Gasteiger partial charge in [-0.25, -0.2) is 0 Å². The van der Waals surface area contributed by atoms with Crippen molar-refractivity contribution in [1.82, 2.24) is 15.5 Å². The van der Waals surface area contributed by atoms with Gasteiger partial charge in [-0.3, -0.25) is 9.89 Å². The molecule has 2 heterocycles. The lowest BCUT2D eigenvalue weighted by Crippen LogP contribution is -2.55. The quantitative estimate of drug-likeness (QED) is 0.543. The third kappa shape index (κ3) is 5.78. The number of ether oxygens (including phenoxy) is 1. The maximum Gasteiger partial charge on any atom is 0.191 e. The molecule has 1 atom stereocenters. The maximum atomic E-state index is 5.53. The second-order valence-corrected chi connectivity index (χ2v) is 8.94. The number of likely N-dealkylation sites (tertiary alicyclic amines) is 1. The zero-order chi connectivity index (χ0) is 20.7. The molecule has 0 aromatic heterocycles. The molecule has 2 fully saturated rings. The number of guanidine groups is 1. The van der Waals surface area contributed by atoms with Crippen LogP contribution in [-0.2, 0) is 0 Å². The van der Waals surface area contributed by atoms with E-state index in [0.717, 1.165) is 37.9 Å². The molecule has 6 heteroatoms. The van der Waals surface area contributed by atoms with Crippen LogP contribution in [0.5, 0.6) is 5.75 Å². The van der Waals surface area contributed by atoms with Crippen LogP contribution in [0.25, 0.3) is 0 Å². The van der Waals surface area contributed by atoms with Gasteiger partial charge in [0.15, 0.2) is 5.96 Å². The first kappa shape index (κ1) is 21.8. The molecule has 0 bridgehead atoms. The minimum atomic E-state index is 0.145. The van der Waals surface area contributed by atoms with E-state index in [1.54, 1.807) is 7.11 Å². The van der Waals surface area contributed by atoms with Crippen molar-refractivity contribution in [2.45, 2.75) is 45.1 Å². The van der Waals surface area contributed by atoms with Gasteiger partial charge < -0.3 is 20.3 Å². The molecule has 2 aliphatic heterocycles. The molecule has 1 aromatic rings. The van der Waals surface area contributed by atoms with Gasteiger partial charge in [0.05, 0.1) is 12.8 Å². The van der Waals surface area contributed by atoms with Crippen molar-refractivity contribution in [3.05, 3.63) is 24.3 Å². The average molecular weight is 402 g/mol. The normalized spacial score (nSPS) is 21.3. The minimum absolute atomic E-state index is 0.145. The number of hydrogen-bond donors (Lipinski definition) is 2. The molecule has 2 saturated heterocycles. The Hall–Kier alpha value is -1.95. The van der Waals surface area contributed by atoms with E-state index in [-0.39, 0.29) is 5.54 Å². The Morgan fingerprint density at radius 1 is 1.14 bits per heavy atom. The van der Waals surface area contributed by atoms with Crippen molar-refractivity contribution < 1.29 is 4.74 Å². The fourth-order valence-corrected chi connectivity index (χ4v) is 4.48. The van der Waals surface area contributed by atoms with Gasteiger partial charge in [-0.15, -0.1) is 0 Å². The number of rotatable bonds is 7. The van der Waals surface area contributed by atoms with E-state index in [4.69, 9.17) is 4.74 Å². The Labute approximate surface area is 176 Å². The van der Waals surface area contributed by atoms with Crippen LogP contribution in [0.1, 0.15) is 39.5 Å². The van der Waals surface area contributed by atoms with E-state index >= 15 is 0 Å². The summed E-state index contributed by atoms with van der Waals surface area (Å²) in [5.74, 6) is 2.47. The molecule has 3 rings (SSSR count). The second-order valence-electron chi connectivity index (χ2n) is 8.94. The standard InChI is InChI=1S/C23H39N5O/c1-23(2,28-13-8-5-9-14-28)18-26-22(24-3)25-16-19-12-15-27(17-19)20-10-6-7-11-21(20)29-4/h6-7,10-11,19H,5,8-9,12-18H2,1-4H3,(H2,24,25,26). The van der Waals surface area contributed by atoms with Crippen molar-refractivity contribution in [2.24, 2.45) is 10.9 Å². The van der Waals surface area contributed by atoms with Gasteiger partial charge in [-0.1, -0.05) is 18.6 Å². The third-order valence-electron chi connectivity index (χ3n) is 6.39. The molecule has 1 aromatic carbocycles. The van der Waals surface area contributed by atoms with Crippen molar-refractivity contribution in [3.8, 4) is 5.75 Å². The van der Waals surface area contributed by atoms with Gasteiger partial charge in [0.25, 0.3) is 0 Å². The number of hydrogen-bond acceptors (Lipinski definition) is 4. The maximum absolute atomic E-state index is 5.53. The van der Waals surface area contributed by atoms with Crippen molar-refractivity contribution in [2.75, 3.05) is 58.3 Å². The Morgan fingerprint density at radius 3 is 2.62 bits per heavy atom. The van der Waals surface area contributed by atoms with E-state index in [2.05, 4.69) is 51.4 Å². The first-order valence-corrected chi connectivity index (χ1v) is 11.1. The lowest BCUT2D eigenvalue weighted by molar-refractivity contribution is 0.0982. The third-order valence-corrected chi connectivity index (χ3v) is 6.39. The summed E-state index contributed by atoms with van der Waals surface area (Å²) < 4.78 is 5.53. The van der Waals surface area contributed by atoms with Crippen LogP contribution in [-0.4, -0.2) is 69.8 Å². The molecule has 6 nitrogen and oxygen atoms in total. The van der Waals surface area contributed by atoms with Crippen molar-refractivity contribution in [1.29, 1.82) is 0 Å². The number of piperidine rings is 1. The summed E-state index contributed by atoms with van der Waals surface area (Å²) in [5, 5.41) is 7.11. The van der Waals surface area contributed by atoms with Crippen LogP contribution in [0.2, 0.25) is 0 Å². The van der Waals surface area contributed by atoms with Crippen LogP contribution in [0, 0.1) is 5.92 Å². The van der Waals surface area contributed by atoms with Crippen LogP contribution in [0.15, 0.2) is 29.3 Å². The number of anilines is 1. The van der Waals surface area contributed by atoms with Crippen molar-refractivity contribution >= 4 is 11.6 Å². The molecule has 0 amide bonds. The molecule has 29 heavy (non-hydrogen) atoms. The fourth-order valence-electron chi connectivity index (χ4n) is 4.48. The summed E-state index contributed by atoms with van der Waals surface area (Å²) >= 11 is 0. The Bertz CT molecular complexity index is 669. The van der Waals surface area contributed by atoms with E-state index in [1.165, 1.54) is 44.5 Å². The highest BCUT2D eigenvalue weighted by atomic mass is 16.5. The topological polar surface area (TPSA) is 52.1 Å². The first-order chi connectivity index (χ1) is 14.0. The molecular weight excluding hydrogens is 362 g/mol. The van der Waals surface area contributed by atoms with Crippen LogP contribution < -0.4 is 20.3 Å². The van der Waals surface area contributed by atoms with E-state index < -0.39 is 0 Å². The number of benzene rings is 1. The highest BCUT2D eigenvalue weighted by Crippen LogP contribution is 2.31. The second kappa shape index (κ2) is 10.2. The van der Waals surface area contributed by atoms with Crippen molar-refractivity contribution in [3.63, 3.8) is 0 Å². The lowest BCUT2D eigenvalue weighted by Gasteiger charge is -2.41. The van der Waals surface area contributed by atoms with Crippen LogP contribution in [0.4, 0.5) is 5.69 Å². The predicted octanol–water partition coefficient (Wildman–Crippen LogP) is 2.95. The molecule has 162 valence electrons. The zero-order valence-electron chi connectivity index (χ0n) is 18.7. The molecule has 0 radical (unpaired) electrons. The predicted molar refractivity (Wildman–Crippen MR) is 122 cm³/mol. The van der Waals surface area contributed by atoms with Gasteiger partial charge in [0.1, 0.15) is 5.75 Å². The number of methoxy groups -OCH3 is 1.